The van der Waals surface area contributed by atoms with Crippen molar-refractivity contribution in [3.63, 3.8) is 0 Å². The topological polar surface area (TPSA) is 59.2 Å². The Hall–Kier alpha value is -1.39. The van der Waals surface area contributed by atoms with E-state index < -0.39 is 0 Å². The van der Waals surface area contributed by atoms with Gasteiger partial charge in [-0.1, -0.05) is 11.6 Å². The van der Waals surface area contributed by atoms with Gasteiger partial charge in [0.15, 0.2) is 5.82 Å². The summed E-state index contributed by atoms with van der Waals surface area (Å²) >= 11 is 0. The van der Waals surface area contributed by atoms with Crippen LogP contribution in [0.2, 0.25) is 0 Å². The van der Waals surface area contributed by atoms with Crippen LogP contribution in [-0.4, -0.2) is 33.5 Å². The molecule has 1 aliphatic heterocycles. The molecule has 3 aliphatic carbocycles. The number of aromatic nitrogens is 2. The van der Waals surface area contributed by atoms with E-state index in [0.29, 0.717) is 30.7 Å². The number of rotatable bonds is 6. The Kier molecular flexibility index (Phi) is 4.05. The van der Waals surface area contributed by atoms with Crippen LogP contribution in [0.3, 0.4) is 0 Å². The molecule has 0 spiro atoms. The second-order valence-corrected chi connectivity index (χ2v) is 8.87. The molecule has 1 amide bonds. The fourth-order valence-electron chi connectivity index (χ4n) is 5.66. The van der Waals surface area contributed by atoms with Crippen molar-refractivity contribution in [3.05, 3.63) is 11.7 Å². The number of hydrogen-bond acceptors (Lipinski definition) is 4. The molecule has 2 bridgehead atoms. The number of carbonyl (C=O) groups is 1. The maximum Gasteiger partial charge on any atom is 0.227 e. The lowest BCUT2D eigenvalue weighted by Crippen LogP contribution is -2.37. The molecule has 2 heterocycles. The van der Waals surface area contributed by atoms with Gasteiger partial charge in [-0.3, -0.25) is 4.79 Å². The number of amides is 1. The van der Waals surface area contributed by atoms with Crippen molar-refractivity contribution in [1.82, 2.24) is 15.0 Å². The van der Waals surface area contributed by atoms with Crippen LogP contribution in [0.25, 0.3) is 0 Å². The van der Waals surface area contributed by atoms with Crippen molar-refractivity contribution in [2.75, 3.05) is 6.54 Å². The van der Waals surface area contributed by atoms with Gasteiger partial charge in [-0.2, -0.15) is 4.98 Å². The minimum Gasteiger partial charge on any atom is -0.340 e. The highest BCUT2D eigenvalue weighted by Crippen LogP contribution is 2.50. The Labute approximate surface area is 149 Å². The van der Waals surface area contributed by atoms with Gasteiger partial charge in [0.2, 0.25) is 11.8 Å². The van der Waals surface area contributed by atoms with Gasteiger partial charge in [0.25, 0.3) is 0 Å². The van der Waals surface area contributed by atoms with Crippen LogP contribution in [0.15, 0.2) is 4.52 Å². The van der Waals surface area contributed by atoms with Crippen molar-refractivity contribution in [2.45, 2.75) is 82.6 Å². The molecule has 5 rings (SSSR count). The van der Waals surface area contributed by atoms with Crippen molar-refractivity contribution < 1.29 is 9.32 Å². The van der Waals surface area contributed by atoms with E-state index in [2.05, 4.69) is 15.0 Å². The van der Waals surface area contributed by atoms with Gasteiger partial charge in [0.05, 0.1) is 0 Å². The summed E-state index contributed by atoms with van der Waals surface area (Å²) in [6, 6.07) is 0.488. The lowest BCUT2D eigenvalue weighted by atomic mass is 9.83. The highest BCUT2D eigenvalue weighted by atomic mass is 16.5. The van der Waals surface area contributed by atoms with E-state index in [0.717, 1.165) is 30.1 Å². The number of likely N-dealkylation sites (tertiary alicyclic amines) is 1. The average Bonchev–Trinajstić information content (AvgIpc) is 3.06. The van der Waals surface area contributed by atoms with Crippen molar-refractivity contribution in [1.29, 1.82) is 0 Å². The normalized spacial score (nSPS) is 34.2. The summed E-state index contributed by atoms with van der Waals surface area (Å²) in [6.07, 6.45) is 12.9. The molecule has 1 saturated heterocycles. The Morgan fingerprint density at radius 1 is 1.16 bits per heavy atom. The van der Waals surface area contributed by atoms with Gasteiger partial charge in [0, 0.05) is 31.3 Å². The van der Waals surface area contributed by atoms with Crippen LogP contribution >= 0.6 is 0 Å². The molecular weight excluding hydrogens is 314 g/mol. The lowest BCUT2D eigenvalue weighted by molar-refractivity contribution is -0.132. The molecule has 0 radical (unpaired) electrons. The maximum atomic E-state index is 12.8. The number of nitrogens with zero attached hydrogens (tertiary/aromatic N) is 3. The van der Waals surface area contributed by atoms with Gasteiger partial charge >= 0.3 is 0 Å². The Morgan fingerprint density at radius 2 is 2.08 bits per heavy atom. The van der Waals surface area contributed by atoms with E-state index in [4.69, 9.17) is 4.52 Å². The molecule has 0 N–H and O–H groups in total. The molecule has 3 saturated carbocycles. The van der Waals surface area contributed by atoms with E-state index in [9.17, 15) is 4.79 Å². The van der Waals surface area contributed by atoms with Gasteiger partial charge in [-0.25, -0.2) is 0 Å². The summed E-state index contributed by atoms with van der Waals surface area (Å²) in [5.74, 6) is 5.13. The highest BCUT2D eigenvalue weighted by molar-refractivity contribution is 5.77. The SMILES string of the molecule is O=C(CCc1nc(C2CC2)no1)N1CCC[C@H]1C[C@@H]1C[C@H]2CC[C@H]1C2. The molecule has 1 aromatic rings. The van der Waals surface area contributed by atoms with Gasteiger partial charge in [0.1, 0.15) is 0 Å². The van der Waals surface area contributed by atoms with E-state index >= 15 is 0 Å². The van der Waals surface area contributed by atoms with Crippen LogP contribution in [0, 0.1) is 17.8 Å². The minimum atomic E-state index is 0.289. The Balaban J connectivity index is 1.14. The van der Waals surface area contributed by atoms with E-state index in [1.165, 1.54) is 57.8 Å². The summed E-state index contributed by atoms with van der Waals surface area (Å²) in [7, 11) is 0. The van der Waals surface area contributed by atoms with Crippen molar-refractivity contribution >= 4 is 5.91 Å². The lowest BCUT2D eigenvalue weighted by Gasteiger charge is -2.30. The van der Waals surface area contributed by atoms with Crippen LogP contribution < -0.4 is 0 Å². The first-order chi connectivity index (χ1) is 12.3. The van der Waals surface area contributed by atoms with Crippen LogP contribution in [0.4, 0.5) is 0 Å². The molecule has 25 heavy (non-hydrogen) atoms. The zero-order valence-electron chi connectivity index (χ0n) is 15.0. The highest BCUT2D eigenvalue weighted by Gasteiger charge is 2.42. The van der Waals surface area contributed by atoms with Gasteiger partial charge < -0.3 is 9.42 Å². The fraction of sp³-hybridized carbons (Fsp3) is 0.850. The second-order valence-electron chi connectivity index (χ2n) is 8.87. The number of carbonyl (C=O) groups excluding carboxylic acids is 1. The minimum absolute atomic E-state index is 0.289. The third-order valence-electron chi connectivity index (χ3n) is 7.14. The summed E-state index contributed by atoms with van der Waals surface area (Å²) in [5, 5.41) is 4.05. The average molecular weight is 343 g/mol. The van der Waals surface area contributed by atoms with Gasteiger partial charge in [-0.15, -0.1) is 0 Å². The predicted molar refractivity (Wildman–Crippen MR) is 92.9 cm³/mol. The standard InChI is InChI=1S/C20H29N3O2/c24-19(8-7-18-21-20(22-25-18)14-5-6-14)23-9-1-2-17(23)12-16-11-13-3-4-15(16)10-13/h13-17H,1-12H2/t13-,15-,16-,17-/m0/s1. The smallest absolute Gasteiger partial charge is 0.227 e. The van der Waals surface area contributed by atoms with E-state index in [1.807, 2.05) is 0 Å². The quantitative estimate of drug-likeness (QED) is 0.790. The monoisotopic (exact) mass is 343 g/mol. The molecule has 4 aliphatic rings. The van der Waals surface area contributed by atoms with Gasteiger partial charge in [-0.05, 0) is 69.1 Å². The third kappa shape index (κ3) is 3.22. The largest absolute Gasteiger partial charge is 0.340 e. The molecular formula is C20H29N3O2. The molecule has 5 nitrogen and oxygen atoms in total. The Bertz CT molecular complexity index is 639. The summed E-state index contributed by atoms with van der Waals surface area (Å²) in [5.41, 5.74) is 0. The first-order valence-electron chi connectivity index (χ1n) is 10.4. The molecule has 0 aromatic carbocycles. The van der Waals surface area contributed by atoms with E-state index in [1.54, 1.807) is 0 Å². The molecule has 4 fully saturated rings. The Morgan fingerprint density at radius 3 is 2.84 bits per heavy atom. The fourth-order valence-corrected chi connectivity index (χ4v) is 5.66. The molecule has 1 aromatic heterocycles. The molecule has 5 heteroatoms. The second kappa shape index (κ2) is 6.40. The molecule has 4 atom stereocenters. The third-order valence-corrected chi connectivity index (χ3v) is 7.14. The van der Waals surface area contributed by atoms with Crippen molar-refractivity contribution in [2.24, 2.45) is 17.8 Å². The summed E-state index contributed by atoms with van der Waals surface area (Å²) in [6.45, 7) is 0.946. The predicted octanol–water partition coefficient (Wildman–Crippen LogP) is 3.70. The summed E-state index contributed by atoms with van der Waals surface area (Å²) < 4.78 is 5.32. The zero-order valence-corrected chi connectivity index (χ0v) is 15.0. The van der Waals surface area contributed by atoms with E-state index in [-0.39, 0.29) is 5.91 Å². The number of aryl methyl sites for hydroxylation is 1. The zero-order chi connectivity index (χ0) is 16.8. The molecule has 0 unspecified atom stereocenters. The molecule has 136 valence electrons. The van der Waals surface area contributed by atoms with Crippen LogP contribution in [0.5, 0.6) is 0 Å². The van der Waals surface area contributed by atoms with Crippen LogP contribution in [-0.2, 0) is 11.2 Å². The number of hydrogen-bond donors (Lipinski definition) is 0. The first kappa shape index (κ1) is 15.8. The first-order valence-corrected chi connectivity index (χ1v) is 10.4. The van der Waals surface area contributed by atoms with Crippen LogP contribution in [0.1, 0.15) is 81.8 Å². The number of fused-ring (bicyclic) bond motifs is 2. The maximum absolute atomic E-state index is 12.8. The summed E-state index contributed by atoms with van der Waals surface area (Å²) in [4.78, 5) is 19.4. The van der Waals surface area contributed by atoms with Crippen molar-refractivity contribution in [3.8, 4) is 0 Å².